The maximum Gasteiger partial charge on any atom is 0.0234 e. The molecule has 1 fully saturated rings. The van der Waals surface area contributed by atoms with E-state index in [9.17, 15) is 0 Å². The first-order valence-electron chi connectivity index (χ1n) is 5.67. The minimum Gasteiger partial charge on any atom is -0.354 e. The van der Waals surface area contributed by atoms with Crippen LogP contribution in [0.3, 0.4) is 0 Å². The third-order valence-electron chi connectivity index (χ3n) is 3.31. The Hall–Kier alpha value is -0.760. The summed E-state index contributed by atoms with van der Waals surface area (Å²) in [6.07, 6.45) is 9.80. The molecule has 1 atom stereocenters. The van der Waals surface area contributed by atoms with Crippen molar-refractivity contribution in [1.82, 2.24) is 9.47 Å². The lowest BCUT2D eigenvalue weighted by Gasteiger charge is -2.32. The molecule has 2 nitrogen and oxygen atoms in total. The minimum absolute atomic E-state index is 0.811. The highest BCUT2D eigenvalue weighted by Gasteiger charge is 2.17. The van der Waals surface area contributed by atoms with Crippen molar-refractivity contribution in [2.24, 2.45) is 0 Å². The quantitative estimate of drug-likeness (QED) is 0.713. The van der Waals surface area contributed by atoms with Crippen molar-refractivity contribution in [2.45, 2.75) is 38.3 Å². The maximum atomic E-state index is 2.52. The predicted octanol–water partition coefficient (Wildman–Crippen LogP) is 2.36. The van der Waals surface area contributed by atoms with Crippen LogP contribution >= 0.6 is 0 Å². The van der Waals surface area contributed by atoms with E-state index in [0.717, 1.165) is 6.04 Å². The summed E-state index contributed by atoms with van der Waals surface area (Å²) in [7, 11) is 2.26. The zero-order valence-electron chi connectivity index (χ0n) is 9.02. The lowest BCUT2D eigenvalue weighted by atomic mass is 10.0. The van der Waals surface area contributed by atoms with E-state index in [2.05, 4.69) is 41.0 Å². The number of rotatable bonds is 3. The number of hydrogen-bond acceptors (Lipinski definition) is 1. The van der Waals surface area contributed by atoms with Gasteiger partial charge in [-0.2, -0.15) is 0 Å². The zero-order valence-corrected chi connectivity index (χ0v) is 9.02. The molecule has 0 amide bonds. The predicted molar refractivity (Wildman–Crippen MR) is 59.3 cm³/mol. The number of nitrogens with zero attached hydrogens (tertiary/aromatic N) is 2. The Morgan fingerprint density at radius 1 is 1.21 bits per heavy atom. The van der Waals surface area contributed by atoms with Crippen LogP contribution < -0.4 is 0 Å². The van der Waals surface area contributed by atoms with Gasteiger partial charge in [-0.05, 0) is 45.0 Å². The van der Waals surface area contributed by atoms with E-state index in [4.69, 9.17) is 0 Å². The molecule has 1 aliphatic rings. The summed E-state index contributed by atoms with van der Waals surface area (Å²) in [5, 5.41) is 0. The van der Waals surface area contributed by atoms with Gasteiger partial charge in [0.25, 0.3) is 0 Å². The van der Waals surface area contributed by atoms with Crippen LogP contribution in [0.4, 0.5) is 0 Å². The summed E-state index contributed by atoms with van der Waals surface area (Å²) in [5.41, 5.74) is 0. The number of aryl methyl sites for hydroxylation is 1. The van der Waals surface area contributed by atoms with Crippen molar-refractivity contribution in [3.8, 4) is 0 Å². The van der Waals surface area contributed by atoms with Gasteiger partial charge in [0.2, 0.25) is 0 Å². The Labute approximate surface area is 86.5 Å². The SMILES string of the molecule is CN1CCCCC1CCn1cccc1. The normalized spacial score (nSPS) is 23.9. The second-order valence-electron chi connectivity index (χ2n) is 4.34. The highest BCUT2D eigenvalue weighted by atomic mass is 15.1. The number of likely N-dealkylation sites (tertiary alicyclic amines) is 1. The Bertz CT molecular complexity index is 253. The molecule has 1 aromatic heterocycles. The molecule has 1 aliphatic heterocycles. The molecule has 2 heteroatoms. The highest BCUT2D eigenvalue weighted by molar-refractivity contribution is 4.90. The van der Waals surface area contributed by atoms with E-state index >= 15 is 0 Å². The summed E-state index contributed by atoms with van der Waals surface area (Å²) in [5.74, 6) is 0. The summed E-state index contributed by atoms with van der Waals surface area (Å²) in [6.45, 7) is 2.46. The van der Waals surface area contributed by atoms with Gasteiger partial charge in [-0.1, -0.05) is 6.42 Å². The molecule has 0 aliphatic carbocycles. The fourth-order valence-corrected chi connectivity index (χ4v) is 2.33. The Morgan fingerprint density at radius 3 is 2.71 bits per heavy atom. The first-order valence-corrected chi connectivity index (χ1v) is 5.67. The molecule has 0 radical (unpaired) electrons. The minimum atomic E-state index is 0.811. The number of hydrogen-bond donors (Lipinski definition) is 0. The molecule has 0 saturated carbocycles. The second kappa shape index (κ2) is 4.65. The molecule has 0 N–H and O–H groups in total. The molecule has 2 heterocycles. The van der Waals surface area contributed by atoms with Crippen molar-refractivity contribution in [1.29, 1.82) is 0 Å². The molecule has 1 aromatic rings. The van der Waals surface area contributed by atoms with Gasteiger partial charge in [-0.25, -0.2) is 0 Å². The number of piperidine rings is 1. The van der Waals surface area contributed by atoms with E-state index in [1.165, 1.54) is 38.8 Å². The summed E-state index contributed by atoms with van der Waals surface area (Å²) >= 11 is 0. The fraction of sp³-hybridized carbons (Fsp3) is 0.667. The molecular weight excluding hydrogens is 172 g/mol. The van der Waals surface area contributed by atoms with Crippen LogP contribution in [-0.4, -0.2) is 29.1 Å². The average molecular weight is 192 g/mol. The molecule has 0 aromatic carbocycles. The van der Waals surface area contributed by atoms with Gasteiger partial charge >= 0.3 is 0 Å². The maximum absolute atomic E-state index is 2.52. The number of aromatic nitrogens is 1. The zero-order chi connectivity index (χ0) is 9.80. The van der Waals surface area contributed by atoms with Crippen LogP contribution in [0.2, 0.25) is 0 Å². The smallest absolute Gasteiger partial charge is 0.0234 e. The summed E-state index contributed by atoms with van der Waals surface area (Å²) in [6, 6.07) is 5.01. The summed E-state index contributed by atoms with van der Waals surface area (Å²) in [4.78, 5) is 2.52. The molecular formula is C12H20N2. The molecule has 1 saturated heterocycles. The van der Waals surface area contributed by atoms with Crippen LogP contribution in [0.25, 0.3) is 0 Å². The van der Waals surface area contributed by atoms with Crippen LogP contribution in [0.5, 0.6) is 0 Å². The molecule has 1 unspecified atom stereocenters. The topological polar surface area (TPSA) is 8.17 Å². The molecule has 0 bridgehead atoms. The monoisotopic (exact) mass is 192 g/mol. The highest BCUT2D eigenvalue weighted by Crippen LogP contribution is 2.18. The first-order chi connectivity index (χ1) is 6.86. The van der Waals surface area contributed by atoms with Gasteiger partial charge in [-0.15, -0.1) is 0 Å². The van der Waals surface area contributed by atoms with Gasteiger partial charge < -0.3 is 9.47 Å². The van der Waals surface area contributed by atoms with Crippen LogP contribution in [0.15, 0.2) is 24.5 Å². The van der Waals surface area contributed by atoms with Gasteiger partial charge in [0.05, 0.1) is 0 Å². The first kappa shape index (κ1) is 9.78. The second-order valence-corrected chi connectivity index (χ2v) is 4.34. The van der Waals surface area contributed by atoms with E-state index in [1.54, 1.807) is 0 Å². The van der Waals surface area contributed by atoms with Gasteiger partial charge in [-0.3, -0.25) is 0 Å². The molecule has 78 valence electrons. The lowest BCUT2D eigenvalue weighted by molar-refractivity contribution is 0.171. The van der Waals surface area contributed by atoms with Crippen molar-refractivity contribution in [2.75, 3.05) is 13.6 Å². The van der Waals surface area contributed by atoms with Crippen molar-refractivity contribution in [3.63, 3.8) is 0 Å². The third kappa shape index (κ3) is 2.38. The third-order valence-corrected chi connectivity index (χ3v) is 3.31. The Balaban J connectivity index is 1.79. The Morgan fingerprint density at radius 2 is 2.00 bits per heavy atom. The summed E-state index contributed by atoms with van der Waals surface area (Å²) < 4.78 is 2.28. The van der Waals surface area contributed by atoms with Gasteiger partial charge in [0, 0.05) is 25.0 Å². The van der Waals surface area contributed by atoms with Gasteiger partial charge in [0.15, 0.2) is 0 Å². The Kier molecular flexibility index (Phi) is 3.25. The largest absolute Gasteiger partial charge is 0.354 e. The molecule has 14 heavy (non-hydrogen) atoms. The van der Waals surface area contributed by atoms with Crippen LogP contribution in [0.1, 0.15) is 25.7 Å². The van der Waals surface area contributed by atoms with Crippen molar-refractivity contribution < 1.29 is 0 Å². The molecule has 2 rings (SSSR count). The van der Waals surface area contributed by atoms with Crippen LogP contribution in [-0.2, 0) is 6.54 Å². The fourth-order valence-electron chi connectivity index (χ4n) is 2.33. The standard InChI is InChI=1S/C12H20N2/c1-13-8-3-2-6-12(13)7-11-14-9-4-5-10-14/h4-5,9-10,12H,2-3,6-8,11H2,1H3. The van der Waals surface area contributed by atoms with E-state index in [1.807, 2.05) is 0 Å². The van der Waals surface area contributed by atoms with Crippen molar-refractivity contribution in [3.05, 3.63) is 24.5 Å². The lowest BCUT2D eigenvalue weighted by Crippen LogP contribution is -2.36. The van der Waals surface area contributed by atoms with Crippen LogP contribution in [0, 0.1) is 0 Å². The average Bonchev–Trinajstić information content (AvgIpc) is 2.69. The van der Waals surface area contributed by atoms with E-state index in [0.29, 0.717) is 0 Å². The van der Waals surface area contributed by atoms with E-state index in [-0.39, 0.29) is 0 Å². The van der Waals surface area contributed by atoms with Crippen molar-refractivity contribution >= 4 is 0 Å². The van der Waals surface area contributed by atoms with Gasteiger partial charge in [0.1, 0.15) is 0 Å². The van der Waals surface area contributed by atoms with E-state index < -0.39 is 0 Å². The molecule has 0 spiro atoms.